The summed E-state index contributed by atoms with van der Waals surface area (Å²) in [5, 5.41) is 2.63. The first-order valence-electron chi connectivity index (χ1n) is 8.46. The van der Waals surface area contributed by atoms with Crippen LogP contribution in [0.1, 0.15) is 16.1 Å². The third-order valence-electron chi connectivity index (χ3n) is 4.01. The molecular weight excluding hydrogens is 362 g/mol. The zero-order valence-corrected chi connectivity index (χ0v) is 15.4. The number of H-pyrrole nitrogens is 1. The summed E-state index contributed by atoms with van der Waals surface area (Å²) >= 11 is 0. The molecule has 1 aromatic heterocycles. The van der Waals surface area contributed by atoms with E-state index >= 15 is 0 Å². The molecule has 144 valence electrons. The molecule has 0 saturated carbocycles. The summed E-state index contributed by atoms with van der Waals surface area (Å²) in [5.74, 6) is -0.496. The Morgan fingerprint density at radius 2 is 1.89 bits per heavy atom. The number of aryl methyl sites for hydroxylation is 1. The SMILES string of the molecule is COc1cccc(NC(=O)COC(=O)c2ccc(-n3c(C)c[nH]c3=O)cc2)c1. The number of esters is 1. The van der Waals surface area contributed by atoms with Crippen molar-refractivity contribution in [2.24, 2.45) is 0 Å². The topological polar surface area (TPSA) is 102 Å². The highest BCUT2D eigenvalue weighted by Crippen LogP contribution is 2.16. The van der Waals surface area contributed by atoms with E-state index in [2.05, 4.69) is 10.3 Å². The van der Waals surface area contributed by atoms with Gasteiger partial charge in [0.1, 0.15) is 5.75 Å². The lowest BCUT2D eigenvalue weighted by molar-refractivity contribution is -0.119. The molecule has 3 aromatic rings. The molecule has 2 N–H and O–H groups in total. The number of hydrogen-bond donors (Lipinski definition) is 2. The van der Waals surface area contributed by atoms with Gasteiger partial charge in [-0.05, 0) is 43.3 Å². The molecule has 28 heavy (non-hydrogen) atoms. The van der Waals surface area contributed by atoms with E-state index in [4.69, 9.17) is 9.47 Å². The van der Waals surface area contributed by atoms with Crippen molar-refractivity contribution in [3.63, 3.8) is 0 Å². The Kier molecular flexibility index (Phi) is 5.59. The number of anilines is 1. The zero-order chi connectivity index (χ0) is 20.1. The Hall–Kier alpha value is -3.81. The van der Waals surface area contributed by atoms with Crippen LogP contribution in [0, 0.1) is 6.92 Å². The summed E-state index contributed by atoms with van der Waals surface area (Å²) in [6.07, 6.45) is 1.60. The summed E-state index contributed by atoms with van der Waals surface area (Å²) in [6.45, 7) is 1.37. The maximum absolute atomic E-state index is 12.1. The van der Waals surface area contributed by atoms with Crippen molar-refractivity contribution >= 4 is 17.6 Å². The van der Waals surface area contributed by atoms with Crippen molar-refractivity contribution in [2.45, 2.75) is 6.92 Å². The van der Waals surface area contributed by atoms with Gasteiger partial charge in [0.15, 0.2) is 6.61 Å². The fourth-order valence-electron chi connectivity index (χ4n) is 2.64. The van der Waals surface area contributed by atoms with Gasteiger partial charge in [0, 0.05) is 23.6 Å². The van der Waals surface area contributed by atoms with Crippen molar-refractivity contribution in [3.05, 3.63) is 76.5 Å². The first-order valence-corrected chi connectivity index (χ1v) is 8.46. The highest BCUT2D eigenvalue weighted by Gasteiger charge is 2.12. The van der Waals surface area contributed by atoms with E-state index < -0.39 is 18.5 Å². The lowest BCUT2D eigenvalue weighted by Gasteiger charge is -2.08. The molecular formula is C20H19N3O5. The van der Waals surface area contributed by atoms with Crippen LogP contribution in [0.15, 0.2) is 59.5 Å². The third-order valence-corrected chi connectivity index (χ3v) is 4.01. The van der Waals surface area contributed by atoms with Crippen LogP contribution in [0.5, 0.6) is 5.75 Å². The lowest BCUT2D eigenvalue weighted by atomic mass is 10.2. The monoisotopic (exact) mass is 381 g/mol. The molecule has 0 fully saturated rings. The maximum Gasteiger partial charge on any atom is 0.338 e. The number of rotatable bonds is 6. The quantitative estimate of drug-likeness (QED) is 0.638. The minimum atomic E-state index is -0.634. The summed E-state index contributed by atoms with van der Waals surface area (Å²) in [4.78, 5) is 38.5. The second-order valence-corrected chi connectivity index (χ2v) is 5.97. The Labute approximate surface area is 160 Å². The van der Waals surface area contributed by atoms with Crippen LogP contribution in [0.3, 0.4) is 0 Å². The molecule has 1 heterocycles. The van der Waals surface area contributed by atoms with Crippen molar-refractivity contribution in [1.29, 1.82) is 0 Å². The van der Waals surface area contributed by atoms with Crippen LogP contribution in [0.4, 0.5) is 5.69 Å². The molecule has 0 bridgehead atoms. The molecule has 0 spiro atoms. The van der Waals surface area contributed by atoms with E-state index in [0.717, 1.165) is 5.69 Å². The maximum atomic E-state index is 12.1. The number of amides is 1. The van der Waals surface area contributed by atoms with Gasteiger partial charge in [-0.2, -0.15) is 0 Å². The first-order chi connectivity index (χ1) is 13.5. The van der Waals surface area contributed by atoms with Crippen molar-refractivity contribution in [1.82, 2.24) is 9.55 Å². The highest BCUT2D eigenvalue weighted by atomic mass is 16.5. The number of nitrogens with one attached hydrogen (secondary N) is 2. The summed E-state index contributed by atoms with van der Waals surface area (Å²) in [6, 6.07) is 13.2. The van der Waals surface area contributed by atoms with Gasteiger partial charge in [-0.3, -0.25) is 9.36 Å². The van der Waals surface area contributed by atoms with E-state index in [1.54, 1.807) is 49.5 Å². The van der Waals surface area contributed by atoms with Gasteiger partial charge < -0.3 is 19.8 Å². The van der Waals surface area contributed by atoms with E-state index in [1.807, 2.05) is 0 Å². The van der Waals surface area contributed by atoms with Gasteiger partial charge in [-0.25, -0.2) is 9.59 Å². The van der Waals surface area contributed by atoms with Crippen molar-refractivity contribution < 1.29 is 19.1 Å². The summed E-state index contributed by atoms with van der Waals surface area (Å²) < 4.78 is 11.6. The number of aromatic nitrogens is 2. The number of carbonyl (C=O) groups excluding carboxylic acids is 2. The van der Waals surface area contributed by atoms with Crippen molar-refractivity contribution in [3.8, 4) is 11.4 Å². The molecule has 0 atom stereocenters. The average molecular weight is 381 g/mol. The predicted octanol–water partition coefficient (Wildman–Crippen LogP) is 2.28. The molecule has 0 saturated heterocycles. The van der Waals surface area contributed by atoms with Gasteiger partial charge in [0.05, 0.1) is 18.4 Å². The molecule has 0 aliphatic heterocycles. The number of nitrogens with zero attached hydrogens (tertiary/aromatic N) is 1. The minimum Gasteiger partial charge on any atom is -0.497 e. The number of hydrogen-bond acceptors (Lipinski definition) is 5. The third kappa shape index (κ3) is 4.29. The fraction of sp³-hybridized carbons (Fsp3) is 0.150. The fourth-order valence-corrected chi connectivity index (χ4v) is 2.64. The van der Waals surface area contributed by atoms with Gasteiger partial charge in [0.25, 0.3) is 5.91 Å². The standard InChI is InChI=1S/C20H19N3O5/c1-13-11-21-20(26)23(13)16-8-6-14(7-9-16)19(25)28-12-18(24)22-15-4-3-5-17(10-15)27-2/h3-11H,12H2,1-2H3,(H,21,26)(H,22,24). The van der Waals surface area contributed by atoms with Gasteiger partial charge in [0.2, 0.25) is 0 Å². The number of imidazole rings is 1. The van der Waals surface area contributed by atoms with Gasteiger partial charge in [-0.1, -0.05) is 6.07 Å². The molecule has 2 aromatic carbocycles. The Morgan fingerprint density at radius 3 is 2.54 bits per heavy atom. The van der Waals surface area contributed by atoms with Crippen LogP contribution in [0.25, 0.3) is 5.69 Å². The number of ether oxygens (including phenoxy) is 2. The molecule has 8 heteroatoms. The highest BCUT2D eigenvalue weighted by molar-refractivity contribution is 5.95. The first kappa shape index (κ1) is 19.0. The Bertz CT molecular complexity index is 1050. The van der Waals surface area contributed by atoms with E-state index in [9.17, 15) is 14.4 Å². The predicted molar refractivity (Wildman–Crippen MR) is 103 cm³/mol. The average Bonchev–Trinajstić information content (AvgIpc) is 3.04. The van der Waals surface area contributed by atoms with E-state index in [-0.39, 0.29) is 11.3 Å². The van der Waals surface area contributed by atoms with Gasteiger partial charge in [-0.15, -0.1) is 0 Å². The summed E-state index contributed by atoms with van der Waals surface area (Å²) in [5.41, 5.74) is 1.92. The molecule has 0 aliphatic carbocycles. The van der Waals surface area contributed by atoms with E-state index in [0.29, 0.717) is 17.1 Å². The molecule has 8 nitrogen and oxygen atoms in total. The molecule has 3 rings (SSSR count). The number of aromatic amines is 1. The van der Waals surface area contributed by atoms with Crippen LogP contribution < -0.4 is 15.7 Å². The van der Waals surface area contributed by atoms with Crippen LogP contribution in [0.2, 0.25) is 0 Å². The second-order valence-electron chi connectivity index (χ2n) is 5.97. The number of methoxy groups -OCH3 is 1. The molecule has 0 aliphatic rings. The molecule has 0 radical (unpaired) electrons. The van der Waals surface area contributed by atoms with Crippen molar-refractivity contribution in [2.75, 3.05) is 19.0 Å². The van der Waals surface area contributed by atoms with Crippen LogP contribution >= 0.6 is 0 Å². The van der Waals surface area contributed by atoms with E-state index in [1.165, 1.54) is 23.8 Å². The Balaban J connectivity index is 1.58. The summed E-state index contributed by atoms with van der Waals surface area (Å²) in [7, 11) is 1.53. The number of carbonyl (C=O) groups is 2. The largest absolute Gasteiger partial charge is 0.497 e. The van der Waals surface area contributed by atoms with Crippen LogP contribution in [-0.2, 0) is 9.53 Å². The number of benzene rings is 2. The molecule has 0 unspecified atom stereocenters. The second kappa shape index (κ2) is 8.26. The smallest absolute Gasteiger partial charge is 0.338 e. The zero-order valence-electron chi connectivity index (χ0n) is 15.4. The Morgan fingerprint density at radius 1 is 1.14 bits per heavy atom. The van der Waals surface area contributed by atoms with Gasteiger partial charge >= 0.3 is 11.7 Å². The lowest BCUT2D eigenvalue weighted by Crippen LogP contribution is -2.21. The van der Waals surface area contributed by atoms with Crippen LogP contribution in [-0.4, -0.2) is 35.1 Å². The minimum absolute atomic E-state index is 0.262. The molecule has 1 amide bonds. The normalized spacial score (nSPS) is 10.4.